The van der Waals surface area contributed by atoms with E-state index < -0.39 is 0 Å². The maximum Gasteiger partial charge on any atom is 0.128 e. The number of hydrogen-bond donors (Lipinski definition) is 1. The monoisotopic (exact) mass is 297 g/mol. The lowest BCUT2D eigenvalue weighted by molar-refractivity contribution is 0.276. The molecule has 1 fully saturated rings. The summed E-state index contributed by atoms with van der Waals surface area (Å²) in [5, 5.41) is 3.47. The quantitative estimate of drug-likeness (QED) is 0.906. The van der Waals surface area contributed by atoms with Crippen LogP contribution in [0, 0.1) is 12.8 Å². The van der Waals surface area contributed by atoms with E-state index in [1.165, 1.54) is 18.4 Å². The van der Waals surface area contributed by atoms with Crippen LogP contribution in [0.5, 0.6) is 0 Å². The minimum Gasteiger partial charge on any atom is -0.368 e. The number of likely N-dealkylation sites (N-methyl/N-ethyl adjacent to an activating group) is 1. The van der Waals surface area contributed by atoms with E-state index in [-0.39, 0.29) is 0 Å². The molecule has 0 amide bonds. The second-order valence-electron chi connectivity index (χ2n) is 5.07. The number of nitrogens with one attached hydrogen (secondary N) is 1. The van der Waals surface area contributed by atoms with Gasteiger partial charge in [-0.3, -0.25) is 0 Å². The van der Waals surface area contributed by atoms with Gasteiger partial charge in [-0.2, -0.15) is 0 Å². The zero-order valence-electron chi connectivity index (χ0n) is 10.7. The molecule has 0 spiro atoms. The summed E-state index contributed by atoms with van der Waals surface area (Å²) in [5.41, 5.74) is 1.19. The van der Waals surface area contributed by atoms with Crippen LogP contribution in [-0.4, -0.2) is 36.6 Å². The molecule has 1 unspecified atom stereocenters. The third kappa shape index (κ3) is 3.42. The zero-order valence-corrected chi connectivity index (χ0v) is 12.3. The number of aryl methyl sites for hydroxylation is 1. The minimum absolute atomic E-state index is 0.625. The number of anilines is 1. The Morgan fingerprint density at radius 2 is 2.24 bits per heavy atom. The molecule has 0 aromatic carbocycles. The minimum atomic E-state index is 0.625. The summed E-state index contributed by atoms with van der Waals surface area (Å²) in [4.78, 5) is 6.73. The fourth-order valence-electron chi connectivity index (χ4n) is 2.18. The van der Waals surface area contributed by atoms with Crippen molar-refractivity contribution in [3.05, 3.63) is 22.3 Å². The van der Waals surface area contributed by atoms with E-state index in [2.05, 4.69) is 58.2 Å². The van der Waals surface area contributed by atoms with Crippen LogP contribution in [0.25, 0.3) is 0 Å². The molecule has 0 bridgehead atoms. The van der Waals surface area contributed by atoms with Crippen LogP contribution < -0.4 is 5.32 Å². The predicted octanol–water partition coefficient (Wildman–Crippen LogP) is 2.90. The number of hydrogen-bond acceptors (Lipinski definition) is 3. The first kappa shape index (κ1) is 12.8. The summed E-state index contributed by atoms with van der Waals surface area (Å²) in [6, 6.07) is 2.72. The van der Waals surface area contributed by atoms with Crippen molar-refractivity contribution in [3.63, 3.8) is 0 Å². The normalized spacial score (nSPS) is 17.2. The van der Waals surface area contributed by atoms with Crippen molar-refractivity contribution in [2.75, 3.05) is 26.0 Å². The van der Waals surface area contributed by atoms with Crippen molar-refractivity contribution < 1.29 is 0 Å². The van der Waals surface area contributed by atoms with Gasteiger partial charge >= 0.3 is 0 Å². The molecular weight excluding hydrogens is 278 g/mol. The van der Waals surface area contributed by atoms with Crippen LogP contribution in [0.2, 0.25) is 0 Å². The van der Waals surface area contributed by atoms with Crippen LogP contribution in [-0.2, 0) is 0 Å². The highest BCUT2D eigenvalue weighted by molar-refractivity contribution is 9.10. The van der Waals surface area contributed by atoms with Gasteiger partial charge in [-0.05, 0) is 67.3 Å². The largest absolute Gasteiger partial charge is 0.368 e. The first-order valence-corrected chi connectivity index (χ1v) is 6.89. The van der Waals surface area contributed by atoms with Gasteiger partial charge in [0.1, 0.15) is 5.82 Å². The lowest BCUT2D eigenvalue weighted by Crippen LogP contribution is -2.36. The molecule has 1 heterocycles. The number of nitrogens with zero attached hydrogens (tertiary/aromatic N) is 2. The van der Waals surface area contributed by atoms with Gasteiger partial charge in [-0.15, -0.1) is 0 Å². The molecule has 1 aromatic rings. The second kappa shape index (κ2) is 5.36. The molecule has 17 heavy (non-hydrogen) atoms. The predicted molar refractivity (Wildman–Crippen MR) is 75.4 cm³/mol. The second-order valence-corrected chi connectivity index (χ2v) is 5.98. The standard InChI is InChI=1S/C13H20BrN3/c1-9-6-11(14)7-15-13(9)16-8-12(17(2)3)10-4-5-10/h6-7,10,12H,4-5,8H2,1-3H3,(H,15,16). The van der Waals surface area contributed by atoms with Gasteiger partial charge in [0.2, 0.25) is 0 Å². The number of aromatic nitrogens is 1. The zero-order chi connectivity index (χ0) is 12.4. The number of halogens is 1. The van der Waals surface area contributed by atoms with Gasteiger partial charge < -0.3 is 10.2 Å². The Balaban J connectivity index is 1.96. The first-order chi connectivity index (χ1) is 8.08. The third-order valence-corrected chi connectivity index (χ3v) is 3.79. The van der Waals surface area contributed by atoms with Gasteiger partial charge in [-0.25, -0.2) is 4.98 Å². The van der Waals surface area contributed by atoms with Crippen LogP contribution in [0.15, 0.2) is 16.7 Å². The van der Waals surface area contributed by atoms with Crippen molar-refractivity contribution in [1.82, 2.24) is 9.88 Å². The highest BCUT2D eigenvalue weighted by atomic mass is 79.9. The average Bonchev–Trinajstić information content (AvgIpc) is 3.05. The van der Waals surface area contributed by atoms with Crippen molar-refractivity contribution in [2.24, 2.45) is 5.92 Å². The molecule has 1 saturated carbocycles. The molecule has 1 N–H and O–H groups in total. The maximum atomic E-state index is 4.41. The van der Waals surface area contributed by atoms with Gasteiger partial charge in [0.25, 0.3) is 0 Å². The van der Waals surface area contributed by atoms with Crippen molar-refractivity contribution in [1.29, 1.82) is 0 Å². The Morgan fingerprint density at radius 3 is 2.76 bits per heavy atom. The molecular formula is C13H20BrN3. The van der Waals surface area contributed by atoms with E-state index in [1.54, 1.807) is 0 Å². The molecule has 0 aliphatic heterocycles. The highest BCUT2D eigenvalue weighted by Gasteiger charge is 2.32. The highest BCUT2D eigenvalue weighted by Crippen LogP contribution is 2.34. The van der Waals surface area contributed by atoms with E-state index in [1.807, 2.05) is 6.20 Å². The SMILES string of the molecule is Cc1cc(Br)cnc1NCC(C1CC1)N(C)C. The van der Waals surface area contributed by atoms with E-state index in [0.717, 1.165) is 22.8 Å². The number of rotatable bonds is 5. The van der Waals surface area contributed by atoms with Crippen LogP contribution in [0.1, 0.15) is 18.4 Å². The molecule has 0 radical (unpaired) electrons. The smallest absolute Gasteiger partial charge is 0.128 e. The molecule has 1 aliphatic rings. The van der Waals surface area contributed by atoms with Crippen LogP contribution >= 0.6 is 15.9 Å². The van der Waals surface area contributed by atoms with Gasteiger partial charge in [0.05, 0.1) is 0 Å². The summed E-state index contributed by atoms with van der Waals surface area (Å²) in [7, 11) is 4.32. The molecule has 4 heteroatoms. The van der Waals surface area contributed by atoms with Crippen LogP contribution in [0.3, 0.4) is 0 Å². The lowest BCUT2D eigenvalue weighted by atomic mass is 10.1. The molecule has 1 aromatic heterocycles. The van der Waals surface area contributed by atoms with E-state index in [4.69, 9.17) is 0 Å². The molecule has 2 rings (SSSR count). The van der Waals surface area contributed by atoms with Crippen LogP contribution in [0.4, 0.5) is 5.82 Å². The fourth-order valence-corrected chi connectivity index (χ4v) is 2.62. The molecule has 0 saturated heterocycles. The summed E-state index contributed by atoms with van der Waals surface area (Å²) in [6.07, 6.45) is 4.59. The Kier molecular flexibility index (Phi) is 4.05. The summed E-state index contributed by atoms with van der Waals surface area (Å²) in [5.74, 6) is 1.87. The summed E-state index contributed by atoms with van der Waals surface area (Å²) in [6.45, 7) is 3.06. The Morgan fingerprint density at radius 1 is 1.53 bits per heavy atom. The van der Waals surface area contributed by atoms with E-state index in [9.17, 15) is 0 Å². The van der Waals surface area contributed by atoms with Crippen molar-refractivity contribution >= 4 is 21.7 Å². The topological polar surface area (TPSA) is 28.2 Å². The molecule has 1 aliphatic carbocycles. The van der Waals surface area contributed by atoms with Crippen molar-refractivity contribution in [2.45, 2.75) is 25.8 Å². The molecule has 94 valence electrons. The first-order valence-electron chi connectivity index (χ1n) is 6.10. The van der Waals surface area contributed by atoms with E-state index >= 15 is 0 Å². The molecule has 3 nitrogen and oxygen atoms in total. The van der Waals surface area contributed by atoms with Gasteiger partial charge in [-0.1, -0.05) is 0 Å². The third-order valence-electron chi connectivity index (χ3n) is 3.35. The summed E-state index contributed by atoms with van der Waals surface area (Å²) >= 11 is 3.43. The van der Waals surface area contributed by atoms with Crippen molar-refractivity contribution in [3.8, 4) is 0 Å². The fraction of sp³-hybridized carbons (Fsp3) is 0.615. The maximum absolute atomic E-state index is 4.41. The molecule has 1 atom stereocenters. The van der Waals surface area contributed by atoms with Gasteiger partial charge in [0.15, 0.2) is 0 Å². The summed E-state index contributed by atoms with van der Waals surface area (Å²) < 4.78 is 1.03. The Hall–Kier alpha value is -0.610. The Bertz CT molecular complexity index is 386. The Labute approximate surface area is 112 Å². The van der Waals surface area contributed by atoms with Gasteiger partial charge in [0, 0.05) is 23.3 Å². The average molecular weight is 298 g/mol. The number of pyridine rings is 1. The lowest BCUT2D eigenvalue weighted by Gasteiger charge is -2.25. The van der Waals surface area contributed by atoms with E-state index in [0.29, 0.717) is 6.04 Å².